The Bertz CT molecular complexity index is 1050. The number of halogens is 2. The molecule has 186 valence electrons. The molecule has 0 aromatic heterocycles. The van der Waals surface area contributed by atoms with Gasteiger partial charge in [0, 0.05) is 22.3 Å². The maximum absolute atomic E-state index is 11.8. The number of carbonyl (C=O) groups excluding carboxylic acids is 4. The maximum Gasteiger partial charge on any atom is 2.00 e. The second-order valence-corrected chi connectivity index (χ2v) is 7.51. The van der Waals surface area contributed by atoms with Gasteiger partial charge in [-0.05, 0) is 0 Å². The first kappa shape index (κ1) is 33.9. The molecule has 0 N–H and O–H groups in total. The zero-order valence-corrected chi connectivity index (χ0v) is 22.9. The molecule has 0 radical (unpaired) electrons. The molecule has 4 aromatic rings. The van der Waals surface area contributed by atoms with Crippen LogP contribution >= 0.6 is 0 Å². The summed E-state index contributed by atoms with van der Waals surface area (Å²) >= 11 is 0. The number of ketones is 4. The van der Waals surface area contributed by atoms with Gasteiger partial charge in [0.2, 0.25) is 0 Å². The third-order valence-electron chi connectivity index (χ3n) is 5.03. The van der Waals surface area contributed by atoms with Crippen LogP contribution < -0.4 is 24.8 Å². The van der Waals surface area contributed by atoms with E-state index in [0.29, 0.717) is 22.3 Å². The van der Waals surface area contributed by atoms with E-state index in [4.69, 9.17) is 0 Å². The van der Waals surface area contributed by atoms with Crippen LogP contribution in [0.4, 0.5) is 0 Å². The molecule has 0 amide bonds. The molecule has 0 atom stereocenters. The number of Topliss-reactive ketones (excluding diaryl/α,β-unsaturated/α-hetero) is 4. The van der Waals surface area contributed by atoms with E-state index in [9.17, 15) is 19.2 Å². The van der Waals surface area contributed by atoms with E-state index in [-0.39, 0.29) is 82.5 Å². The van der Waals surface area contributed by atoms with Crippen molar-refractivity contribution < 1.29 is 65.7 Å². The van der Waals surface area contributed by atoms with Gasteiger partial charge in [0.1, 0.15) is 0 Å². The van der Waals surface area contributed by atoms with Gasteiger partial charge in [0.25, 0.3) is 0 Å². The average Bonchev–Trinajstić information content (AvgIpc) is 2.91. The van der Waals surface area contributed by atoms with Gasteiger partial charge >= 0.3 is 21.7 Å². The molecule has 0 fully saturated rings. The fourth-order valence-electron chi connectivity index (χ4n) is 3.20. The van der Waals surface area contributed by atoms with Crippen molar-refractivity contribution in [2.75, 3.05) is 0 Å². The molecule has 0 saturated heterocycles. The predicted molar refractivity (Wildman–Crippen MR) is 132 cm³/mol. The Morgan fingerprint density at radius 3 is 0.676 bits per heavy atom. The van der Waals surface area contributed by atoms with Crippen LogP contribution in [0.5, 0.6) is 0 Å². The van der Waals surface area contributed by atoms with E-state index < -0.39 is 0 Å². The smallest absolute Gasteiger partial charge is 1.00 e. The van der Waals surface area contributed by atoms with Crippen molar-refractivity contribution in [1.29, 1.82) is 0 Å². The van der Waals surface area contributed by atoms with Crippen molar-refractivity contribution in [2.24, 2.45) is 0 Å². The Kier molecular flexibility index (Phi) is 16.6. The predicted octanol–water partition coefficient (Wildman–Crippen LogP) is 0.290. The number of hydrogen-bond acceptors (Lipinski definition) is 4. The normalized spacial score (nSPS) is 9.08. The minimum absolute atomic E-state index is 0. The third-order valence-corrected chi connectivity index (χ3v) is 5.03. The summed E-state index contributed by atoms with van der Waals surface area (Å²) in [6.07, 6.45) is -0.151. The molecule has 0 aliphatic heterocycles. The van der Waals surface area contributed by atoms with E-state index in [1.54, 1.807) is 97.1 Å². The van der Waals surface area contributed by atoms with Gasteiger partial charge in [-0.1, -0.05) is 121 Å². The monoisotopic (exact) mass is 566 g/mol. The Labute approximate surface area is 244 Å². The van der Waals surface area contributed by atoms with Gasteiger partial charge in [-0.25, -0.2) is 0 Å². The number of benzene rings is 4. The second kappa shape index (κ2) is 18.2. The quantitative estimate of drug-likeness (QED) is 0.175. The van der Waals surface area contributed by atoms with Crippen LogP contribution in [-0.2, 0) is 21.7 Å². The van der Waals surface area contributed by atoms with Crippen LogP contribution in [0, 0.1) is 0 Å². The SMILES string of the molecule is O=C(CC(=O)c1ccccc1)c1ccccc1.O=C(CC(=O)c1ccccc1)c1ccccc1.[Cl-].[Cl-].[Ti+2]. The summed E-state index contributed by atoms with van der Waals surface area (Å²) in [6, 6.07) is 35.5. The zero-order valence-electron chi connectivity index (χ0n) is 19.9. The Morgan fingerprint density at radius 1 is 0.351 bits per heavy atom. The summed E-state index contributed by atoms with van der Waals surface area (Å²) in [4.78, 5) is 47.2. The first-order valence-corrected chi connectivity index (χ1v) is 10.9. The van der Waals surface area contributed by atoms with Crippen molar-refractivity contribution in [3.05, 3.63) is 144 Å². The first-order chi connectivity index (χ1) is 16.5. The summed E-state index contributed by atoms with van der Waals surface area (Å²) in [5, 5.41) is 0. The second-order valence-electron chi connectivity index (χ2n) is 7.51. The minimum Gasteiger partial charge on any atom is -1.00 e. The first-order valence-electron chi connectivity index (χ1n) is 10.9. The van der Waals surface area contributed by atoms with Gasteiger partial charge in [0.15, 0.2) is 23.1 Å². The number of carbonyl (C=O) groups is 4. The van der Waals surface area contributed by atoms with Crippen molar-refractivity contribution in [1.82, 2.24) is 0 Å². The van der Waals surface area contributed by atoms with Gasteiger partial charge in [-0.3, -0.25) is 19.2 Å². The molecule has 0 saturated carbocycles. The third kappa shape index (κ3) is 11.2. The van der Waals surface area contributed by atoms with E-state index in [0.717, 1.165) is 0 Å². The summed E-state index contributed by atoms with van der Waals surface area (Å²) in [5.74, 6) is -0.558. The van der Waals surface area contributed by atoms with E-state index in [2.05, 4.69) is 0 Å². The average molecular weight is 567 g/mol. The molecule has 0 aliphatic carbocycles. The van der Waals surface area contributed by atoms with E-state index in [1.165, 1.54) is 0 Å². The van der Waals surface area contributed by atoms with Crippen LogP contribution in [0.1, 0.15) is 54.3 Å². The van der Waals surface area contributed by atoms with Crippen molar-refractivity contribution in [3.8, 4) is 0 Å². The molecule has 37 heavy (non-hydrogen) atoms. The van der Waals surface area contributed by atoms with Crippen LogP contribution in [0.3, 0.4) is 0 Å². The fourth-order valence-corrected chi connectivity index (χ4v) is 3.20. The van der Waals surface area contributed by atoms with Gasteiger partial charge < -0.3 is 24.8 Å². The molecule has 0 spiro atoms. The van der Waals surface area contributed by atoms with Gasteiger partial charge in [-0.15, -0.1) is 0 Å². The minimum atomic E-state index is -0.139. The summed E-state index contributed by atoms with van der Waals surface area (Å²) in [6.45, 7) is 0. The molecular weight excluding hydrogens is 543 g/mol. The molecule has 4 nitrogen and oxygen atoms in total. The fraction of sp³-hybridized carbons (Fsp3) is 0.0667. The number of rotatable bonds is 8. The Balaban J connectivity index is 0.000000648. The van der Waals surface area contributed by atoms with Crippen LogP contribution in [0.2, 0.25) is 0 Å². The molecule has 0 bridgehead atoms. The van der Waals surface area contributed by atoms with Crippen LogP contribution in [0.25, 0.3) is 0 Å². The molecule has 0 unspecified atom stereocenters. The largest absolute Gasteiger partial charge is 2.00 e. The molecule has 4 aromatic carbocycles. The molecule has 0 aliphatic rings. The molecule has 7 heteroatoms. The summed E-state index contributed by atoms with van der Waals surface area (Å²) < 4.78 is 0. The van der Waals surface area contributed by atoms with Gasteiger partial charge in [0.05, 0.1) is 12.8 Å². The molecule has 0 heterocycles. The van der Waals surface area contributed by atoms with Crippen LogP contribution in [0.15, 0.2) is 121 Å². The number of hydrogen-bond donors (Lipinski definition) is 0. The molecule has 4 rings (SSSR count). The standard InChI is InChI=1S/2C15H12O2.2ClH.Ti/c2*16-14(12-7-3-1-4-8-12)11-15(17)13-9-5-2-6-10-13;;;/h2*1-10H,11H2;2*1H;/q;;;;+2/p-2. The van der Waals surface area contributed by atoms with Gasteiger partial charge in [-0.2, -0.15) is 0 Å². The maximum atomic E-state index is 11.8. The van der Waals surface area contributed by atoms with E-state index in [1.807, 2.05) is 24.3 Å². The Morgan fingerprint density at radius 2 is 0.514 bits per heavy atom. The topological polar surface area (TPSA) is 68.3 Å². The van der Waals surface area contributed by atoms with Crippen molar-refractivity contribution in [2.45, 2.75) is 12.8 Å². The van der Waals surface area contributed by atoms with E-state index >= 15 is 0 Å². The molecular formula is C30H24Cl2O4Ti. The van der Waals surface area contributed by atoms with Crippen molar-refractivity contribution in [3.63, 3.8) is 0 Å². The zero-order chi connectivity index (χ0) is 24.2. The Hall–Kier alpha value is -3.15. The summed E-state index contributed by atoms with van der Waals surface area (Å²) in [5.41, 5.74) is 2.32. The summed E-state index contributed by atoms with van der Waals surface area (Å²) in [7, 11) is 0. The van der Waals surface area contributed by atoms with Crippen molar-refractivity contribution >= 4 is 23.1 Å². The van der Waals surface area contributed by atoms with Crippen LogP contribution in [-0.4, -0.2) is 23.1 Å².